The van der Waals surface area contributed by atoms with Gasteiger partial charge in [0, 0.05) is 6.42 Å². The first-order valence-electron chi connectivity index (χ1n) is 14.0. The summed E-state index contributed by atoms with van der Waals surface area (Å²) in [5, 5.41) is 27.4. The Kier molecular flexibility index (Phi) is 21.3. The van der Waals surface area contributed by atoms with Crippen LogP contribution in [-0.2, 0) is 14.4 Å². The number of allylic oxidation sites excluding steroid dienone is 2. The molecule has 0 heterocycles. The van der Waals surface area contributed by atoms with Crippen LogP contribution in [0.15, 0.2) is 12.2 Å². The molecule has 0 rings (SSSR count). The maximum atomic E-state index is 11.2. The molecule has 0 saturated carbocycles. The molecule has 204 valence electrons. The molecule has 0 aromatic carbocycles. The Morgan fingerprint density at radius 1 is 0.514 bits per heavy atom. The lowest BCUT2D eigenvalue weighted by atomic mass is 10.0. The summed E-state index contributed by atoms with van der Waals surface area (Å²) in [4.78, 5) is 33.5. The van der Waals surface area contributed by atoms with E-state index in [1.54, 1.807) is 0 Å². The minimum absolute atomic E-state index is 0.216. The zero-order chi connectivity index (χ0) is 26.2. The first kappa shape index (κ1) is 33.1. The topological polar surface area (TPSA) is 112 Å². The van der Waals surface area contributed by atoms with Crippen LogP contribution in [0.4, 0.5) is 0 Å². The van der Waals surface area contributed by atoms with Crippen molar-refractivity contribution in [1.29, 1.82) is 0 Å². The molecule has 0 spiro atoms. The molecule has 3 N–H and O–H groups in total. The normalized spacial score (nSPS) is 11.8. The summed E-state index contributed by atoms with van der Waals surface area (Å²) in [6.45, 7) is 0.983. The van der Waals surface area contributed by atoms with Crippen molar-refractivity contribution in [2.75, 3.05) is 26.2 Å². The van der Waals surface area contributed by atoms with Crippen LogP contribution in [0.3, 0.4) is 0 Å². The van der Waals surface area contributed by atoms with Crippen LogP contribution in [0.5, 0.6) is 0 Å². The molecule has 0 unspecified atom stereocenters. The lowest BCUT2D eigenvalue weighted by Crippen LogP contribution is -2.57. The van der Waals surface area contributed by atoms with Crippen LogP contribution < -0.4 is 0 Å². The van der Waals surface area contributed by atoms with Crippen molar-refractivity contribution < 1.29 is 34.2 Å². The number of rotatable bonds is 26. The molecule has 0 radical (unpaired) electrons. The van der Waals surface area contributed by atoms with E-state index >= 15 is 0 Å². The van der Waals surface area contributed by atoms with E-state index in [-0.39, 0.29) is 6.54 Å². The molecule has 0 aliphatic heterocycles. The van der Waals surface area contributed by atoms with Gasteiger partial charge in [-0.3, -0.25) is 4.48 Å². The summed E-state index contributed by atoms with van der Waals surface area (Å²) < 4.78 is -0.465. The summed E-state index contributed by atoms with van der Waals surface area (Å²) in [7, 11) is 0. The maximum absolute atomic E-state index is 11.2. The monoisotopic (exact) mass is 498 g/mol. The average Bonchev–Trinajstić information content (AvgIpc) is 2.76. The predicted molar refractivity (Wildman–Crippen MR) is 141 cm³/mol. The summed E-state index contributed by atoms with van der Waals surface area (Å²) in [5.74, 6) is -3.55. The van der Waals surface area contributed by atoms with Crippen LogP contribution in [0.25, 0.3) is 0 Å². The van der Waals surface area contributed by atoms with Gasteiger partial charge in [-0.15, -0.1) is 0 Å². The van der Waals surface area contributed by atoms with Crippen molar-refractivity contribution in [2.45, 2.75) is 122 Å². The van der Waals surface area contributed by atoms with Crippen LogP contribution in [0.2, 0.25) is 0 Å². The average molecular weight is 499 g/mol. The van der Waals surface area contributed by atoms with Crippen molar-refractivity contribution in [2.24, 2.45) is 0 Å². The predicted octanol–water partition coefficient (Wildman–Crippen LogP) is 6.65. The molecule has 0 amide bonds. The highest BCUT2D eigenvalue weighted by atomic mass is 16.4. The van der Waals surface area contributed by atoms with Gasteiger partial charge in [-0.05, 0) is 19.3 Å². The van der Waals surface area contributed by atoms with Crippen molar-refractivity contribution in [3.05, 3.63) is 12.2 Å². The Bertz CT molecular complexity index is 549. The molecule has 0 aromatic heterocycles. The van der Waals surface area contributed by atoms with Gasteiger partial charge in [0.05, 0.1) is 6.54 Å². The van der Waals surface area contributed by atoms with Crippen molar-refractivity contribution in [3.63, 3.8) is 0 Å². The Balaban J connectivity index is 3.76. The lowest BCUT2D eigenvalue weighted by Gasteiger charge is -2.34. The fourth-order valence-electron chi connectivity index (χ4n) is 4.68. The molecule has 35 heavy (non-hydrogen) atoms. The Morgan fingerprint density at radius 3 is 1.17 bits per heavy atom. The van der Waals surface area contributed by atoms with E-state index in [9.17, 15) is 14.4 Å². The fourth-order valence-corrected chi connectivity index (χ4v) is 4.68. The third kappa shape index (κ3) is 22.3. The molecule has 0 aromatic rings. The van der Waals surface area contributed by atoms with Crippen molar-refractivity contribution in [3.8, 4) is 0 Å². The van der Waals surface area contributed by atoms with Crippen LogP contribution in [-0.4, -0.2) is 63.9 Å². The first-order valence-corrected chi connectivity index (χ1v) is 14.0. The molecular weight excluding hydrogens is 446 g/mol. The summed E-state index contributed by atoms with van der Waals surface area (Å²) in [6, 6.07) is 0. The smallest absolute Gasteiger partial charge is 0.359 e. The maximum Gasteiger partial charge on any atom is 0.359 e. The third-order valence-electron chi connectivity index (χ3n) is 6.56. The number of hydrogen-bond acceptors (Lipinski definition) is 3. The largest absolute Gasteiger partial charge is 0.477 e. The number of hydrogen-bond donors (Lipinski definition) is 3. The molecule has 0 bridgehead atoms. The highest BCUT2D eigenvalue weighted by Crippen LogP contribution is 2.14. The fraction of sp³-hybridized carbons (Fsp3) is 0.821. The second-order valence-corrected chi connectivity index (χ2v) is 10.1. The highest BCUT2D eigenvalue weighted by Gasteiger charge is 2.35. The summed E-state index contributed by atoms with van der Waals surface area (Å²) in [6.07, 6.45) is 26.6. The van der Waals surface area contributed by atoms with E-state index in [0.717, 1.165) is 12.8 Å². The molecule has 0 saturated heterocycles. The standard InChI is InChI=1S/C28H51NO6/c1-2-3-4-5-6-7-8-9-10-11-12-13-14-15-16-17-18-19-20-21-22-29(23-26(30)31,24-27(32)33)25-28(34)35/h18-19H,2-17,20-25H2,1H3,(H2-,30,31,32,33,34,35)/p+1/b19-18+. The Morgan fingerprint density at radius 2 is 0.829 bits per heavy atom. The van der Waals surface area contributed by atoms with Gasteiger partial charge in [0.25, 0.3) is 0 Å². The molecule has 0 aliphatic carbocycles. The van der Waals surface area contributed by atoms with E-state index in [4.69, 9.17) is 15.3 Å². The second-order valence-electron chi connectivity index (χ2n) is 10.1. The number of nitrogens with zero attached hydrogens (tertiary/aromatic N) is 1. The number of carboxylic acids is 3. The van der Waals surface area contributed by atoms with E-state index in [1.807, 2.05) is 6.08 Å². The Hall–Kier alpha value is -1.89. The number of carboxylic acid groups (broad SMARTS) is 3. The van der Waals surface area contributed by atoms with Crippen LogP contribution in [0, 0.1) is 0 Å². The van der Waals surface area contributed by atoms with E-state index in [2.05, 4.69) is 13.0 Å². The van der Waals surface area contributed by atoms with Crippen LogP contribution >= 0.6 is 0 Å². The molecule has 0 fully saturated rings. The molecule has 7 heteroatoms. The third-order valence-corrected chi connectivity index (χ3v) is 6.56. The number of aliphatic carboxylic acids is 3. The van der Waals surface area contributed by atoms with Gasteiger partial charge in [0.15, 0.2) is 19.6 Å². The lowest BCUT2D eigenvalue weighted by molar-refractivity contribution is -0.907. The van der Waals surface area contributed by atoms with Gasteiger partial charge in [0.2, 0.25) is 0 Å². The first-order chi connectivity index (χ1) is 16.8. The SMILES string of the molecule is CCCCCCCCCCCCCCCCC/C=C/CCC[N+](CC(=O)O)(CC(=O)O)CC(=O)O. The van der Waals surface area contributed by atoms with Gasteiger partial charge < -0.3 is 15.3 Å². The van der Waals surface area contributed by atoms with Crippen molar-refractivity contribution >= 4 is 17.9 Å². The van der Waals surface area contributed by atoms with E-state index in [1.165, 1.54) is 89.9 Å². The van der Waals surface area contributed by atoms with E-state index < -0.39 is 42.0 Å². The summed E-state index contributed by atoms with van der Waals surface area (Å²) >= 11 is 0. The van der Waals surface area contributed by atoms with Gasteiger partial charge >= 0.3 is 17.9 Å². The summed E-state index contributed by atoms with van der Waals surface area (Å²) in [5.41, 5.74) is 0. The zero-order valence-corrected chi connectivity index (χ0v) is 22.2. The quantitative estimate of drug-likeness (QED) is 0.0699. The number of quaternary nitrogens is 1. The number of unbranched alkanes of at least 4 members (excludes halogenated alkanes) is 16. The van der Waals surface area contributed by atoms with Crippen molar-refractivity contribution in [1.82, 2.24) is 0 Å². The zero-order valence-electron chi connectivity index (χ0n) is 22.2. The molecule has 7 nitrogen and oxygen atoms in total. The number of carbonyl (C=O) groups is 3. The minimum Gasteiger partial charge on any atom is -0.477 e. The van der Waals surface area contributed by atoms with Gasteiger partial charge in [-0.25, -0.2) is 14.4 Å². The van der Waals surface area contributed by atoms with Crippen LogP contribution in [0.1, 0.15) is 122 Å². The highest BCUT2D eigenvalue weighted by molar-refractivity contribution is 5.73. The van der Waals surface area contributed by atoms with Gasteiger partial charge in [0.1, 0.15) is 0 Å². The minimum atomic E-state index is -1.18. The molecule has 0 atom stereocenters. The second kappa shape index (κ2) is 22.6. The Labute approximate surface area is 213 Å². The van der Waals surface area contributed by atoms with Gasteiger partial charge in [-0.2, -0.15) is 0 Å². The van der Waals surface area contributed by atoms with Gasteiger partial charge in [-0.1, -0.05) is 109 Å². The molecule has 0 aliphatic rings. The molecular formula is C28H52NO6+. The van der Waals surface area contributed by atoms with E-state index in [0.29, 0.717) is 12.8 Å².